The number of sulfonamides is 1. The number of hydrogen-bond acceptors (Lipinski definition) is 5. The number of fused-ring (bicyclic) bond motifs is 1. The number of aromatic nitrogens is 3. The highest BCUT2D eigenvalue weighted by atomic mass is 32.2. The summed E-state index contributed by atoms with van der Waals surface area (Å²) in [7, 11) is -3.26. The summed E-state index contributed by atoms with van der Waals surface area (Å²) in [5.41, 5.74) is 4.23. The normalized spacial score (nSPS) is 15.1. The zero-order chi connectivity index (χ0) is 17.5. The van der Waals surface area contributed by atoms with Crippen molar-refractivity contribution in [3.63, 3.8) is 0 Å². The molecule has 2 aromatic heterocycles. The molecule has 9 heteroatoms. The molecule has 1 aliphatic rings. The van der Waals surface area contributed by atoms with Crippen LogP contribution in [0.15, 0.2) is 12.4 Å². The van der Waals surface area contributed by atoms with Gasteiger partial charge in [0.1, 0.15) is 0 Å². The van der Waals surface area contributed by atoms with Crippen molar-refractivity contribution in [2.75, 3.05) is 18.1 Å². The van der Waals surface area contributed by atoms with Crippen molar-refractivity contribution in [3.8, 4) is 0 Å². The Hall–Kier alpha value is -2.26. The van der Waals surface area contributed by atoms with Crippen LogP contribution in [0.2, 0.25) is 0 Å². The second-order valence-corrected chi connectivity index (χ2v) is 7.92. The molecular weight excluding hydrogens is 330 g/mol. The van der Waals surface area contributed by atoms with E-state index in [2.05, 4.69) is 20.5 Å². The highest BCUT2D eigenvalue weighted by molar-refractivity contribution is 7.88. The molecule has 0 aliphatic carbocycles. The highest BCUT2D eigenvalue weighted by Gasteiger charge is 2.27. The summed E-state index contributed by atoms with van der Waals surface area (Å²) < 4.78 is 24.8. The van der Waals surface area contributed by atoms with E-state index in [9.17, 15) is 13.2 Å². The second kappa shape index (κ2) is 5.99. The number of hydrogen-bond donors (Lipinski definition) is 2. The van der Waals surface area contributed by atoms with Crippen molar-refractivity contribution < 1.29 is 13.2 Å². The summed E-state index contributed by atoms with van der Waals surface area (Å²) in [6, 6.07) is 0. The summed E-state index contributed by atoms with van der Waals surface area (Å²) in [5.74, 6) is -0.264. The molecule has 0 bridgehead atoms. The number of pyridine rings is 1. The lowest BCUT2D eigenvalue weighted by Crippen LogP contribution is -2.36. The molecule has 0 saturated heterocycles. The third kappa shape index (κ3) is 3.04. The molecule has 2 N–H and O–H groups in total. The smallest absolute Gasteiger partial charge is 0.257 e. The minimum absolute atomic E-state index is 0.242. The lowest BCUT2D eigenvalue weighted by Gasteiger charge is -2.27. The molecule has 24 heavy (non-hydrogen) atoms. The maximum absolute atomic E-state index is 12.6. The highest BCUT2D eigenvalue weighted by Crippen LogP contribution is 2.24. The summed E-state index contributed by atoms with van der Waals surface area (Å²) in [6.45, 7) is 4.24. The van der Waals surface area contributed by atoms with Gasteiger partial charge in [-0.2, -0.15) is 9.40 Å². The van der Waals surface area contributed by atoms with Crippen molar-refractivity contribution in [1.29, 1.82) is 0 Å². The van der Waals surface area contributed by atoms with Crippen molar-refractivity contribution in [3.05, 3.63) is 40.5 Å². The third-order valence-corrected chi connectivity index (χ3v) is 5.43. The monoisotopic (exact) mass is 349 g/mol. The summed E-state index contributed by atoms with van der Waals surface area (Å²) in [6.07, 6.45) is 4.82. The Balaban J connectivity index is 1.90. The first-order valence-electron chi connectivity index (χ1n) is 7.51. The first-order valence-corrected chi connectivity index (χ1v) is 9.36. The average molecular weight is 349 g/mol. The molecule has 128 valence electrons. The van der Waals surface area contributed by atoms with Crippen molar-refractivity contribution in [2.45, 2.75) is 26.8 Å². The van der Waals surface area contributed by atoms with Gasteiger partial charge in [-0.3, -0.25) is 14.9 Å². The number of amides is 1. The van der Waals surface area contributed by atoms with E-state index in [0.717, 1.165) is 16.8 Å². The Morgan fingerprint density at radius 3 is 2.71 bits per heavy atom. The Kier molecular flexibility index (Phi) is 4.14. The van der Waals surface area contributed by atoms with Crippen LogP contribution in [0.4, 0.5) is 5.69 Å². The van der Waals surface area contributed by atoms with Crippen LogP contribution in [-0.2, 0) is 23.0 Å². The van der Waals surface area contributed by atoms with Gasteiger partial charge in [-0.05, 0) is 31.4 Å². The first-order chi connectivity index (χ1) is 11.3. The quantitative estimate of drug-likeness (QED) is 0.859. The molecule has 2 aromatic rings. The van der Waals surface area contributed by atoms with Gasteiger partial charge in [0.25, 0.3) is 5.91 Å². The van der Waals surface area contributed by atoms with E-state index >= 15 is 0 Å². The van der Waals surface area contributed by atoms with E-state index in [0.29, 0.717) is 29.9 Å². The van der Waals surface area contributed by atoms with Gasteiger partial charge in [0, 0.05) is 25.5 Å². The minimum atomic E-state index is -3.26. The molecule has 0 spiro atoms. The van der Waals surface area contributed by atoms with Crippen LogP contribution in [0, 0.1) is 13.8 Å². The summed E-state index contributed by atoms with van der Waals surface area (Å²) in [5, 5.41) is 9.75. The lowest BCUT2D eigenvalue weighted by atomic mass is 9.98. The fraction of sp³-hybridized carbons (Fsp3) is 0.400. The van der Waals surface area contributed by atoms with Gasteiger partial charge in [-0.1, -0.05) is 0 Å². The van der Waals surface area contributed by atoms with Gasteiger partial charge in [0.2, 0.25) is 10.0 Å². The molecule has 8 nitrogen and oxygen atoms in total. The van der Waals surface area contributed by atoms with Gasteiger partial charge in [0.15, 0.2) is 0 Å². The molecule has 0 aromatic carbocycles. The number of rotatable bonds is 3. The number of H-pyrrole nitrogens is 1. The zero-order valence-corrected chi connectivity index (χ0v) is 14.6. The van der Waals surface area contributed by atoms with Crippen molar-refractivity contribution in [2.24, 2.45) is 0 Å². The van der Waals surface area contributed by atoms with Gasteiger partial charge in [-0.15, -0.1) is 0 Å². The van der Waals surface area contributed by atoms with Crippen LogP contribution in [0.25, 0.3) is 0 Å². The second-order valence-electron chi connectivity index (χ2n) is 5.93. The van der Waals surface area contributed by atoms with Gasteiger partial charge >= 0.3 is 0 Å². The van der Waals surface area contributed by atoms with Gasteiger partial charge in [-0.25, -0.2) is 8.42 Å². The Morgan fingerprint density at radius 1 is 1.33 bits per heavy atom. The Morgan fingerprint density at radius 2 is 2.08 bits per heavy atom. The molecule has 0 radical (unpaired) electrons. The minimum Gasteiger partial charge on any atom is -0.319 e. The Bertz CT molecular complexity index is 884. The SMILES string of the molecule is Cc1n[nH]c(C)c1NC(=O)c1cncc2c1CCN(S(C)(=O)=O)C2. The number of nitrogens with zero attached hydrogens (tertiary/aromatic N) is 3. The molecule has 0 saturated carbocycles. The molecule has 1 amide bonds. The van der Waals surface area contributed by atoms with Crippen LogP contribution in [-0.4, -0.2) is 46.6 Å². The van der Waals surface area contributed by atoms with E-state index < -0.39 is 10.0 Å². The van der Waals surface area contributed by atoms with Crippen LogP contribution < -0.4 is 5.32 Å². The summed E-state index contributed by atoms with van der Waals surface area (Å²) >= 11 is 0. The lowest BCUT2D eigenvalue weighted by molar-refractivity contribution is 0.102. The number of anilines is 1. The largest absolute Gasteiger partial charge is 0.319 e. The van der Waals surface area contributed by atoms with E-state index in [-0.39, 0.29) is 12.5 Å². The molecule has 0 unspecified atom stereocenters. The maximum atomic E-state index is 12.6. The number of aryl methyl sites for hydroxylation is 2. The van der Waals surface area contributed by atoms with E-state index in [1.54, 1.807) is 6.20 Å². The van der Waals surface area contributed by atoms with E-state index in [1.165, 1.54) is 16.8 Å². The fourth-order valence-electron chi connectivity index (χ4n) is 2.86. The van der Waals surface area contributed by atoms with Crippen molar-refractivity contribution in [1.82, 2.24) is 19.5 Å². The fourth-order valence-corrected chi connectivity index (χ4v) is 3.66. The predicted octanol–water partition coefficient (Wildman–Crippen LogP) is 0.992. The number of aromatic amines is 1. The first kappa shape index (κ1) is 16.6. The average Bonchev–Trinajstić information content (AvgIpc) is 2.84. The van der Waals surface area contributed by atoms with Gasteiger partial charge < -0.3 is 5.32 Å². The summed E-state index contributed by atoms with van der Waals surface area (Å²) in [4.78, 5) is 16.7. The van der Waals surface area contributed by atoms with Crippen LogP contribution in [0.5, 0.6) is 0 Å². The van der Waals surface area contributed by atoms with Crippen LogP contribution >= 0.6 is 0 Å². The van der Waals surface area contributed by atoms with E-state index in [4.69, 9.17) is 0 Å². The van der Waals surface area contributed by atoms with E-state index in [1.807, 2.05) is 13.8 Å². The zero-order valence-electron chi connectivity index (χ0n) is 13.8. The molecule has 0 fully saturated rings. The van der Waals surface area contributed by atoms with Crippen molar-refractivity contribution >= 4 is 21.6 Å². The number of carbonyl (C=O) groups excluding carboxylic acids is 1. The topological polar surface area (TPSA) is 108 Å². The number of nitrogens with one attached hydrogen (secondary N) is 2. The standard InChI is InChI=1S/C15H19N5O3S/c1-9-14(10(2)19-18-9)17-15(21)13-7-16-6-11-8-20(24(3,22)23)5-4-12(11)13/h6-7H,4-5,8H2,1-3H3,(H,17,21)(H,18,19). The Labute approximate surface area is 140 Å². The van der Waals surface area contributed by atoms with Crippen LogP contribution in [0.3, 0.4) is 0 Å². The predicted molar refractivity (Wildman–Crippen MR) is 89.2 cm³/mol. The molecule has 3 heterocycles. The molecule has 3 rings (SSSR count). The molecule has 1 aliphatic heterocycles. The molecule has 0 atom stereocenters. The number of carbonyl (C=O) groups is 1. The molecular formula is C15H19N5O3S. The third-order valence-electron chi connectivity index (χ3n) is 4.18. The maximum Gasteiger partial charge on any atom is 0.257 e. The van der Waals surface area contributed by atoms with Gasteiger partial charge in [0.05, 0.1) is 28.9 Å². The van der Waals surface area contributed by atoms with Crippen LogP contribution in [0.1, 0.15) is 32.9 Å².